The second kappa shape index (κ2) is 7.19. The van der Waals surface area contributed by atoms with E-state index in [0.29, 0.717) is 17.7 Å². The highest BCUT2D eigenvalue weighted by atomic mass is 16.2. The van der Waals surface area contributed by atoms with Gasteiger partial charge in [-0.05, 0) is 25.7 Å². The van der Waals surface area contributed by atoms with Crippen LogP contribution in [0.2, 0.25) is 0 Å². The van der Waals surface area contributed by atoms with Gasteiger partial charge < -0.3 is 9.88 Å². The van der Waals surface area contributed by atoms with Crippen LogP contribution in [0.1, 0.15) is 37.4 Å². The smallest absolute Gasteiger partial charge is 0.225 e. The molecule has 1 saturated carbocycles. The highest BCUT2D eigenvalue weighted by Crippen LogP contribution is 2.34. The van der Waals surface area contributed by atoms with Crippen molar-refractivity contribution in [2.45, 2.75) is 31.6 Å². The van der Waals surface area contributed by atoms with Crippen LogP contribution in [0.5, 0.6) is 0 Å². The van der Waals surface area contributed by atoms with Crippen LogP contribution in [-0.4, -0.2) is 43.8 Å². The number of nitrogens with one attached hydrogen (secondary N) is 1. The van der Waals surface area contributed by atoms with Gasteiger partial charge in [-0.3, -0.25) is 4.79 Å². The molecule has 1 aliphatic heterocycles. The number of imidazole rings is 1. The van der Waals surface area contributed by atoms with E-state index < -0.39 is 0 Å². The summed E-state index contributed by atoms with van der Waals surface area (Å²) in [6.45, 7) is 1.68. The molecule has 2 fully saturated rings. The minimum absolute atomic E-state index is 0.311. The van der Waals surface area contributed by atoms with E-state index in [9.17, 15) is 4.79 Å². The summed E-state index contributed by atoms with van der Waals surface area (Å²) in [6, 6.07) is 9.96. The molecule has 0 radical (unpaired) electrons. The zero-order chi connectivity index (χ0) is 18.9. The molecule has 1 aromatic carbocycles. The first kappa shape index (κ1) is 17.1. The number of carbonyl (C=O) groups excluding carboxylic acids is 1. The normalized spacial score (nSPS) is 17.6. The number of nitrogens with zero attached hydrogens (tertiary/aromatic N) is 4. The largest absolute Gasteiger partial charge is 0.342 e. The Balaban J connectivity index is 1.25. The maximum absolute atomic E-state index is 12.2. The Morgan fingerprint density at radius 3 is 2.29 bits per heavy atom. The third kappa shape index (κ3) is 3.42. The molecule has 1 saturated heterocycles. The van der Waals surface area contributed by atoms with Crippen molar-refractivity contribution >= 4 is 5.91 Å². The molecule has 2 aromatic heterocycles. The standard InChI is InChI=1S/C22H23N5O/c28-22(17-6-7-17)27-10-8-16(9-11-27)21-25-14-19(26-21)18-12-23-20(24-13-18)15-4-2-1-3-5-15/h1-5,12-14,16-17H,6-11H2,(H,25,26). The van der Waals surface area contributed by atoms with Crippen LogP contribution in [0.15, 0.2) is 48.9 Å². The molecule has 1 aliphatic carbocycles. The second-order valence-corrected chi connectivity index (χ2v) is 7.72. The third-order valence-electron chi connectivity index (χ3n) is 5.71. The number of hydrogen-bond donors (Lipinski definition) is 1. The lowest BCUT2D eigenvalue weighted by atomic mass is 9.96. The van der Waals surface area contributed by atoms with Gasteiger partial charge in [0.1, 0.15) is 5.82 Å². The highest BCUT2D eigenvalue weighted by Gasteiger charge is 2.35. The third-order valence-corrected chi connectivity index (χ3v) is 5.71. The zero-order valence-corrected chi connectivity index (χ0v) is 15.7. The molecule has 0 atom stereocenters. The number of carbonyl (C=O) groups is 1. The van der Waals surface area contributed by atoms with E-state index in [1.54, 1.807) is 0 Å². The summed E-state index contributed by atoms with van der Waals surface area (Å²) in [5, 5.41) is 0. The van der Waals surface area contributed by atoms with Crippen LogP contribution in [0.3, 0.4) is 0 Å². The predicted octanol–water partition coefficient (Wildman–Crippen LogP) is 3.65. The van der Waals surface area contributed by atoms with E-state index in [1.807, 2.05) is 53.8 Å². The fourth-order valence-electron chi connectivity index (χ4n) is 3.86. The van der Waals surface area contributed by atoms with Crippen LogP contribution >= 0.6 is 0 Å². The van der Waals surface area contributed by atoms with Crippen molar-refractivity contribution in [2.75, 3.05) is 13.1 Å². The van der Waals surface area contributed by atoms with E-state index in [2.05, 4.69) is 19.9 Å². The molecule has 142 valence electrons. The van der Waals surface area contributed by atoms with Gasteiger partial charge in [0.15, 0.2) is 5.82 Å². The lowest BCUT2D eigenvalue weighted by molar-refractivity contribution is -0.133. The number of H-pyrrole nitrogens is 1. The van der Waals surface area contributed by atoms with Crippen LogP contribution < -0.4 is 0 Å². The summed E-state index contributed by atoms with van der Waals surface area (Å²) in [5.74, 6) is 2.76. The first-order chi connectivity index (χ1) is 13.8. The van der Waals surface area contributed by atoms with Crippen molar-refractivity contribution in [3.63, 3.8) is 0 Å². The molecule has 2 aliphatic rings. The maximum atomic E-state index is 12.2. The molecule has 0 unspecified atom stereocenters. The van der Waals surface area contributed by atoms with Gasteiger partial charge in [-0.15, -0.1) is 0 Å². The summed E-state index contributed by atoms with van der Waals surface area (Å²) < 4.78 is 0. The van der Waals surface area contributed by atoms with E-state index in [0.717, 1.165) is 67.2 Å². The van der Waals surface area contributed by atoms with E-state index in [-0.39, 0.29) is 0 Å². The van der Waals surface area contributed by atoms with Crippen LogP contribution in [0, 0.1) is 5.92 Å². The Morgan fingerprint density at radius 1 is 0.893 bits per heavy atom. The SMILES string of the molecule is O=C(C1CC1)N1CCC(c2ncc(-c3cnc(-c4ccccc4)nc3)[nH]2)CC1. The van der Waals surface area contributed by atoms with Gasteiger partial charge in [0.2, 0.25) is 5.91 Å². The zero-order valence-electron chi connectivity index (χ0n) is 15.7. The summed E-state index contributed by atoms with van der Waals surface area (Å²) in [6.07, 6.45) is 9.62. The Bertz CT molecular complexity index is 954. The number of aromatic nitrogens is 4. The quantitative estimate of drug-likeness (QED) is 0.757. The second-order valence-electron chi connectivity index (χ2n) is 7.72. The van der Waals surface area contributed by atoms with Crippen molar-refractivity contribution in [1.29, 1.82) is 0 Å². The molecule has 0 spiro atoms. The van der Waals surface area contributed by atoms with Crippen LogP contribution in [0.4, 0.5) is 0 Å². The molecular weight excluding hydrogens is 350 g/mol. The van der Waals surface area contributed by atoms with E-state index in [1.165, 1.54) is 0 Å². The maximum Gasteiger partial charge on any atom is 0.225 e. The lowest BCUT2D eigenvalue weighted by Crippen LogP contribution is -2.38. The van der Waals surface area contributed by atoms with Crippen molar-refractivity contribution in [3.05, 3.63) is 54.7 Å². The molecule has 6 heteroatoms. The Labute approximate surface area is 164 Å². The molecule has 28 heavy (non-hydrogen) atoms. The number of amides is 1. The fourth-order valence-corrected chi connectivity index (χ4v) is 3.86. The molecule has 3 aromatic rings. The number of piperidine rings is 1. The monoisotopic (exact) mass is 373 g/mol. The first-order valence-corrected chi connectivity index (χ1v) is 9.99. The summed E-state index contributed by atoms with van der Waals surface area (Å²) in [5.41, 5.74) is 2.87. The molecule has 5 rings (SSSR count). The van der Waals surface area contributed by atoms with Crippen molar-refractivity contribution in [2.24, 2.45) is 5.92 Å². The number of aromatic amines is 1. The average molecular weight is 373 g/mol. The Kier molecular flexibility index (Phi) is 4.39. The molecule has 3 heterocycles. The number of hydrogen-bond acceptors (Lipinski definition) is 4. The topological polar surface area (TPSA) is 74.8 Å². The minimum atomic E-state index is 0.311. The molecular formula is C22H23N5O. The first-order valence-electron chi connectivity index (χ1n) is 9.99. The van der Waals surface area contributed by atoms with Gasteiger partial charge in [0.25, 0.3) is 0 Å². The molecule has 1 amide bonds. The van der Waals surface area contributed by atoms with Gasteiger partial charge in [-0.2, -0.15) is 0 Å². The average Bonchev–Trinajstić information content (AvgIpc) is 3.50. The van der Waals surface area contributed by atoms with Gasteiger partial charge in [0, 0.05) is 48.4 Å². The lowest BCUT2D eigenvalue weighted by Gasteiger charge is -2.31. The molecule has 1 N–H and O–H groups in total. The highest BCUT2D eigenvalue weighted by molar-refractivity contribution is 5.81. The molecule has 6 nitrogen and oxygen atoms in total. The summed E-state index contributed by atoms with van der Waals surface area (Å²) in [4.78, 5) is 31.3. The van der Waals surface area contributed by atoms with Gasteiger partial charge >= 0.3 is 0 Å². The van der Waals surface area contributed by atoms with Gasteiger partial charge in [-0.1, -0.05) is 30.3 Å². The predicted molar refractivity (Wildman–Crippen MR) is 106 cm³/mol. The van der Waals surface area contributed by atoms with Crippen molar-refractivity contribution in [1.82, 2.24) is 24.8 Å². The Hall–Kier alpha value is -3.02. The van der Waals surface area contributed by atoms with Crippen molar-refractivity contribution < 1.29 is 4.79 Å². The van der Waals surface area contributed by atoms with Crippen LogP contribution in [0.25, 0.3) is 22.6 Å². The van der Waals surface area contributed by atoms with Crippen LogP contribution in [-0.2, 0) is 4.79 Å². The molecule has 0 bridgehead atoms. The Morgan fingerprint density at radius 2 is 1.61 bits per heavy atom. The van der Waals surface area contributed by atoms with Crippen molar-refractivity contribution in [3.8, 4) is 22.6 Å². The van der Waals surface area contributed by atoms with E-state index >= 15 is 0 Å². The van der Waals surface area contributed by atoms with E-state index in [4.69, 9.17) is 0 Å². The van der Waals surface area contributed by atoms with Gasteiger partial charge in [0.05, 0.1) is 11.9 Å². The summed E-state index contributed by atoms with van der Waals surface area (Å²) >= 11 is 0. The van der Waals surface area contributed by atoms with Gasteiger partial charge in [-0.25, -0.2) is 15.0 Å². The minimum Gasteiger partial charge on any atom is -0.342 e. The fraction of sp³-hybridized carbons (Fsp3) is 0.364. The number of likely N-dealkylation sites (tertiary alicyclic amines) is 1. The number of benzene rings is 1. The summed E-state index contributed by atoms with van der Waals surface area (Å²) in [7, 11) is 0. The number of rotatable bonds is 4.